The van der Waals surface area contributed by atoms with Crippen molar-refractivity contribution in [3.05, 3.63) is 82.4 Å². The van der Waals surface area contributed by atoms with E-state index < -0.39 is 11.5 Å². The lowest BCUT2D eigenvalue weighted by molar-refractivity contribution is -0.156. The van der Waals surface area contributed by atoms with Crippen molar-refractivity contribution in [3.8, 4) is 0 Å². The lowest BCUT2D eigenvalue weighted by Crippen LogP contribution is -2.56. The van der Waals surface area contributed by atoms with Crippen LogP contribution in [0.2, 0.25) is 10.0 Å². The second kappa shape index (κ2) is 8.80. The Morgan fingerprint density at radius 2 is 1.84 bits per heavy atom. The van der Waals surface area contributed by atoms with E-state index in [4.69, 9.17) is 23.2 Å². The molecule has 5 heteroatoms. The van der Waals surface area contributed by atoms with Crippen LogP contribution in [-0.2, 0) is 9.59 Å². The number of hydrogen-bond donors (Lipinski definition) is 0. The van der Waals surface area contributed by atoms with Gasteiger partial charge in [0, 0.05) is 16.0 Å². The van der Waals surface area contributed by atoms with Crippen LogP contribution in [0.4, 0.5) is 0 Å². The number of likely N-dealkylation sites (tertiary alicyclic amines) is 1. The molecule has 0 spiro atoms. The molecule has 0 N–H and O–H groups in total. The van der Waals surface area contributed by atoms with E-state index in [1.165, 1.54) is 0 Å². The Kier molecular flexibility index (Phi) is 6.27. The molecule has 3 nitrogen and oxygen atoms in total. The molecule has 1 unspecified atom stereocenters. The number of allylic oxidation sites excluding steroid dienone is 1. The molecule has 2 aliphatic rings. The highest BCUT2D eigenvalue weighted by Crippen LogP contribution is 2.53. The van der Waals surface area contributed by atoms with E-state index >= 15 is 0 Å². The number of aldehydes is 1. The third kappa shape index (κ3) is 4.31. The SMILES string of the molecule is C=CC[C@@]1(C)C[C@H](c2cccc(Cl)c2)C(c2ccc(Cl)cc2)N([C@H](C=O)C2CC2)C1=O. The standard InChI is InChI=1S/C26H27Cl2NO2/c1-3-13-26(2)15-22(19-5-4-6-21(28)14-19)24(18-9-11-20(27)12-10-18)29(25(26)31)23(16-30)17-7-8-17/h3-6,9-12,14,16-17,22-24H,1,7-8,13,15H2,2H3/t22-,23-,24?,26+/m1/s1. The van der Waals surface area contributed by atoms with Crippen molar-refractivity contribution in [3.63, 3.8) is 0 Å². The monoisotopic (exact) mass is 455 g/mol. The van der Waals surface area contributed by atoms with Crippen LogP contribution in [0, 0.1) is 11.3 Å². The molecule has 31 heavy (non-hydrogen) atoms. The topological polar surface area (TPSA) is 37.4 Å². The first-order valence-electron chi connectivity index (χ1n) is 10.8. The van der Waals surface area contributed by atoms with Crippen LogP contribution in [-0.4, -0.2) is 23.1 Å². The van der Waals surface area contributed by atoms with Crippen LogP contribution < -0.4 is 0 Å². The van der Waals surface area contributed by atoms with Crippen LogP contribution in [0.15, 0.2) is 61.2 Å². The molecule has 1 saturated carbocycles. The van der Waals surface area contributed by atoms with Crippen LogP contribution in [0.3, 0.4) is 0 Å². The minimum Gasteiger partial charge on any atom is -0.325 e. The Morgan fingerprint density at radius 3 is 2.42 bits per heavy atom. The smallest absolute Gasteiger partial charge is 0.229 e. The summed E-state index contributed by atoms with van der Waals surface area (Å²) in [6.45, 7) is 5.89. The van der Waals surface area contributed by atoms with Gasteiger partial charge in [-0.05, 0) is 67.0 Å². The third-order valence-electron chi connectivity index (χ3n) is 6.75. The summed E-state index contributed by atoms with van der Waals surface area (Å²) in [7, 11) is 0. The molecule has 162 valence electrons. The summed E-state index contributed by atoms with van der Waals surface area (Å²) in [6.07, 6.45) is 5.93. The van der Waals surface area contributed by atoms with Gasteiger partial charge in [-0.2, -0.15) is 0 Å². The highest BCUT2D eigenvalue weighted by atomic mass is 35.5. The largest absolute Gasteiger partial charge is 0.325 e. The van der Waals surface area contributed by atoms with Gasteiger partial charge in [0.25, 0.3) is 0 Å². The van der Waals surface area contributed by atoms with Crippen LogP contribution in [0.5, 0.6) is 0 Å². The average Bonchev–Trinajstić information content (AvgIpc) is 3.58. The predicted octanol–water partition coefficient (Wildman–Crippen LogP) is 6.61. The van der Waals surface area contributed by atoms with E-state index in [-0.39, 0.29) is 23.8 Å². The lowest BCUT2D eigenvalue weighted by atomic mass is 9.67. The summed E-state index contributed by atoms with van der Waals surface area (Å²) < 4.78 is 0. The Balaban J connectivity index is 1.90. The Bertz CT molecular complexity index is 985. The molecule has 2 aromatic rings. The minimum atomic E-state index is -0.631. The molecule has 4 atom stereocenters. The van der Waals surface area contributed by atoms with Crippen molar-refractivity contribution < 1.29 is 9.59 Å². The fraction of sp³-hybridized carbons (Fsp3) is 0.385. The van der Waals surface area contributed by atoms with Crippen LogP contribution in [0.25, 0.3) is 0 Å². The molecular formula is C26H27Cl2NO2. The molecular weight excluding hydrogens is 429 g/mol. The number of amides is 1. The summed E-state index contributed by atoms with van der Waals surface area (Å²) in [4.78, 5) is 28.1. The summed E-state index contributed by atoms with van der Waals surface area (Å²) >= 11 is 12.5. The first kappa shape index (κ1) is 22.1. The molecule has 2 fully saturated rings. The van der Waals surface area contributed by atoms with Crippen LogP contribution >= 0.6 is 23.2 Å². The molecule has 1 amide bonds. The molecule has 0 bridgehead atoms. The van der Waals surface area contributed by atoms with Crippen molar-refractivity contribution in [2.75, 3.05) is 0 Å². The fourth-order valence-corrected chi connectivity index (χ4v) is 5.38. The van der Waals surface area contributed by atoms with Crippen molar-refractivity contribution in [2.24, 2.45) is 11.3 Å². The maximum absolute atomic E-state index is 13.9. The molecule has 1 saturated heterocycles. The first-order chi connectivity index (χ1) is 14.9. The lowest BCUT2D eigenvalue weighted by Gasteiger charge is -2.51. The fourth-order valence-electron chi connectivity index (χ4n) is 5.06. The number of nitrogens with zero attached hydrogens (tertiary/aromatic N) is 1. The zero-order valence-corrected chi connectivity index (χ0v) is 19.1. The third-order valence-corrected chi connectivity index (χ3v) is 7.24. The molecule has 4 rings (SSSR count). The quantitative estimate of drug-likeness (QED) is 0.347. The van der Waals surface area contributed by atoms with Crippen molar-refractivity contribution in [1.29, 1.82) is 0 Å². The molecule has 1 aliphatic heterocycles. The number of hydrogen-bond acceptors (Lipinski definition) is 2. The number of benzene rings is 2. The van der Waals surface area contributed by atoms with Crippen LogP contribution in [0.1, 0.15) is 55.7 Å². The Morgan fingerprint density at radius 1 is 1.13 bits per heavy atom. The number of carbonyl (C=O) groups is 2. The van der Waals surface area contributed by atoms with Gasteiger partial charge in [0.05, 0.1) is 17.5 Å². The van der Waals surface area contributed by atoms with Gasteiger partial charge in [-0.25, -0.2) is 0 Å². The second-order valence-electron chi connectivity index (χ2n) is 9.09. The Labute approximate surface area is 194 Å². The van der Waals surface area contributed by atoms with Gasteiger partial charge in [0.2, 0.25) is 5.91 Å². The van der Waals surface area contributed by atoms with E-state index in [2.05, 4.69) is 12.6 Å². The van der Waals surface area contributed by atoms with Gasteiger partial charge >= 0.3 is 0 Å². The zero-order valence-electron chi connectivity index (χ0n) is 17.6. The predicted molar refractivity (Wildman–Crippen MR) is 125 cm³/mol. The minimum absolute atomic E-state index is 0.0104. The van der Waals surface area contributed by atoms with Crippen molar-refractivity contribution in [1.82, 2.24) is 4.90 Å². The molecule has 2 aromatic carbocycles. The number of halogens is 2. The van der Waals surface area contributed by atoms with Gasteiger partial charge < -0.3 is 9.69 Å². The van der Waals surface area contributed by atoms with Gasteiger partial charge in [0.15, 0.2) is 0 Å². The Hall–Kier alpha value is -2.10. The maximum Gasteiger partial charge on any atom is 0.229 e. The average molecular weight is 456 g/mol. The zero-order chi connectivity index (χ0) is 22.2. The summed E-state index contributed by atoms with van der Waals surface area (Å²) in [5.41, 5.74) is 1.42. The maximum atomic E-state index is 13.9. The van der Waals surface area contributed by atoms with Crippen molar-refractivity contribution >= 4 is 35.4 Å². The van der Waals surface area contributed by atoms with E-state index in [0.29, 0.717) is 22.9 Å². The summed E-state index contributed by atoms with van der Waals surface area (Å²) in [6, 6.07) is 14.8. The second-order valence-corrected chi connectivity index (χ2v) is 9.96. The summed E-state index contributed by atoms with van der Waals surface area (Å²) in [5, 5.41) is 1.30. The number of rotatable bonds is 7. The van der Waals surface area contributed by atoms with E-state index in [1.807, 2.05) is 54.3 Å². The highest BCUT2D eigenvalue weighted by Gasteiger charge is 2.53. The first-order valence-corrected chi connectivity index (χ1v) is 11.5. The van der Waals surface area contributed by atoms with E-state index in [1.54, 1.807) is 6.08 Å². The number of carbonyl (C=O) groups excluding carboxylic acids is 2. The molecule has 0 radical (unpaired) electrons. The molecule has 1 heterocycles. The normalized spacial score (nSPS) is 27.1. The van der Waals surface area contributed by atoms with E-state index in [9.17, 15) is 9.59 Å². The summed E-state index contributed by atoms with van der Waals surface area (Å²) in [5.74, 6) is 0.237. The van der Waals surface area contributed by atoms with Gasteiger partial charge in [-0.1, -0.05) is 60.5 Å². The molecule has 1 aliphatic carbocycles. The van der Waals surface area contributed by atoms with Gasteiger partial charge in [-0.3, -0.25) is 4.79 Å². The van der Waals surface area contributed by atoms with Crippen molar-refractivity contribution in [2.45, 2.75) is 50.6 Å². The number of piperidine rings is 1. The highest BCUT2D eigenvalue weighted by molar-refractivity contribution is 6.30. The van der Waals surface area contributed by atoms with Gasteiger partial charge in [-0.15, -0.1) is 6.58 Å². The van der Waals surface area contributed by atoms with E-state index in [0.717, 1.165) is 30.3 Å². The van der Waals surface area contributed by atoms with Gasteiger partial charge in [0.1, 0.15) is 6.29 Å². The molecule has 0 aromatic heterocycles.